The Labute approximate surface area is 105 Å². The molecule has 2 heterocycles. The van der Waals surface area contributed by atoms with Crippen LogP contribution < -0.4 is 5.32 Å². The van der Waals surface area contributed by atoms with E-state index in [4.69, 9.17) is 0 Å². The predicted octanol–water partition coefficient (Wildman–Crippen LogP) is 1.98. The first kappa shape index (κ1) is 11.8. The Bertz CT molecular complexity index is 361. The number of halogens is 1. The van der Waals surface area contributed by atoms with Crippen molar-refractivity contribution < 1.29 is 0 Å². The summed E-state index contributed by atoms with van der Waals surface area (Å²) in [5.74, 6) is 0. The average Bonchev–Trinajstić information content (AvgIpc) is 2.31. The molecule has 4 heteroatoms. The molecule has 16 heavy (non-hydrogen) atoms. The van der Waals surface area contributed by atoms with Gasteiger partial charge in [0, 0.05) is 32.4 Å². The van der Waals surface area contributed by atoms with Crippen LogP contribution in [0.25, 0.3) is 0 Å². The van der Waals surface area contributed by atoms with Gasteiger partial charge in [0.05, 0.1) is 6.04 Å². The Hall–Kier alpha value is -0.710. The van der Waals surface area contributed by atoms with E-state index >= 15 is 0 Å². The van der Waals surface area contributed by atoms with Crippen LogP contribution in [-0.2, 0) is 0 Å². The first-order chi connectivity index (χ1) is 7.81. The molecule has 3 nitrogen and oxygen atoms in total. The van der Waals surface area contributed by atoms with E-state index in [1.165, 1.54) is 5.56 Å². The lowest BCUT2D eigenvalue weighted by atomic mass is 10.1. The van der Waals surface area contributed by atoms with E-state index in [2.05, 4.69) is 49.8 Å². The van der Waals surface area contributed by atoms with E-state index in [-0.39, 0.29) is 0 Å². The van der Waals surface area contributed by atoms with E-state index in [1.54, 1.807) is 0 Å². The van der Waals surface area contributed by atoms with Gasteiger partial charge in [0.1, 0.15) is 4.60 Å². The zero-order chi connectivity index (χ0) is 11.4. The molecule has 0 unspecified atom stereocenters. The first-order valence-electron chi connectivity index (χ1n) is 5.50. The highest BCUT2D eigenvalue weighted by Crippen LogP contribution is 2.23. The monoisotopic (exact) mass is 281 g/mol. The second-order valence-electron chi connectivity index (χ2n) is 3.88. The number of hydrogen-bond donors (Lipinski definition) is 1. The van der Waals surface area contributed by atoms with Crippen LogP contribution in [0.15, 0.2) is 35.6 Å². The molecule has 2 rings (SSSR count). The van der Waals surface area contributed by atoms with E-state index in [1.807, 2.05) is 12.3 Å². The van der Waals surface area contributed by atoms with Crippen LogP contribution in [-0.4, -0.2) is 36.1 Å². The van der Waals surface area contributed by atoms with Crippen molar-refractivity contribution in [2.45, 2.75) is 6.04 Å². The molecule has 1 fully saturated rings. The predicted molar refractivity (Wildman–Crippen MR) is 69.3 cm³/mol. The minimum absolute atomic E-state index is 0.293. The maximum absolute atomic E-state index is 4.15. The first-order valence-corrected chi connectivity index (χ1v) is 6.29. The third kappa shape index (κ3) is 2.70. The molecule has 1 N–H and O–H groups in total. The number of nitrogens with zero attached hydrogens (tertiary/aromatic N) is 2. The molecule has 1 atom stereocenters. The Morgan fingerprint density at radius 1 is 1.50 bits per heavy atom. The van der Waals surface area contributed by atoms with Crippen LogP contribution in [0.3, 0.4) is 0 Å². The molecule has 1 aromatic rings. The van der Waals surface area contributed by atoms with Gasteiger partial charge in [-0.15, -0.1) is 6.58 Å². The van der Waals surface area contributed by atoms with Crippen molar-refractivity contribution in [2.24, 2.45) is 0 Å². The van der Waals surface area contributed by atoms with Crippen LogP contribution in [0.5, 0.6) is 0 Å². The highest BCUT2D eigenvalue weighted by Gasteiger charge is 2.19. The Morgan fingerprint density at radius 2 is 2.25 bits per heavy atom. The lowest BCUT2D eigenvalue weighted by Gasteiger charge is -2.33. The van der Waals surface area contributed by atoms with Crippen molar-refractivity contribution in [3.8, 4) is 0 Å². The van der Waals surface area contributed by atoms with Crippen LogP contribution in [0.1, 0.15) is 11.6 Å². The molecular formula is C12H16BrN3. The van der Waals surface area contributed by atoms with Gasteiger partial charge in [0.25, 0.3) is 0 Å². The molecule has 1 aliphatic rings. The normalized spacial score (nSPS) is 19.3. The molecule has 86 valence electrons. The molecule has 0 radical (unpaired) electrons. The van der Waals surface area contributed by atoms with Gasteiger partial charge >= 0.3 is 0 Å². The van der Waals surface area contributed by atoms with Gasteiger partial charge in [0.2, 0.25) is 0 Å². The molecule has 1 saturated heterocycles. The summed E-state index contributed by atoms with van der Waals surface area (Å²) in [5.41, 5.74) is 1.25. The van der Waals surface area contributed by atoms with Gasteiger partial charge in [0.15, 0.2) is 0 Å². The molecule has 0 aromatic carbocycles. The minimum Gasteiger partial charge on any atom is -0.314 e. The molecule has 0 bridgehead atoms. The fraction of sp³-hybridized carbons (Fsp3) is 0.417. The highest BCUT2D eigenvalue weighted by molar-refractivity contribution is 9.10. The van der Waals surface area contributed by atoms with Crippen molar-refractivity contribution in [1.82, 2.24) is 15.2 Å². The smallest absolute Gasteiger partial charge is 0.106 e. The van der Waals surface area contributed by atoms with Gasteiger partial charge in [-0.25, -0.2) is 4.98 Å². The number of rotatable bonds is 3. The second kappa shape index (κ2) is 5.57. The summed E-state index contributed by atoms with van der Waals surface area (Å²) < 4.78 is 0.881. The fourth-order valence-corrected chi connectivity index (χ4v) is 2.44. The number of hydrogen-bond acceptors (Lipinski definition) is 3. The van der Waals surface area contributed by atoms with Crippen molar-refractivity contribution in [3.05, 3.63) is 41.2 Å². The number of aromatic nitrogens is 1. The molecule has 0 aliphatic carbocycles. The van der Waals surface area contributed by atoms with Crippen LogP contribution in [0.4, 0.5) is 0 Å². The van der Waals surface area contributed by atoms with Crippen molar-refractivity contribution >= 4 is 15.9 Å². The summed E-state index contributed by atoms with van der Waals surface area (Å²) >= 11 is 3.41. The Morgan fingerprint density at radius 3 is 2.88 bits per heavy atom. The van der Waals surface area contributed by atoms with E-state index in [0.29, 0.717) is 6.04 Å². The van der Waals surface area contributed by atoms with Crippen LogP contribution in [0, 0.1) is 0 Å². The van der Waals surface area contributed by atoms with Gasteiger partial charge < -0.3 is 5.32 Å². The maximum atomic E-state index is 4.15. The summed E-state index contributed by atoms with van der Waals surface area (Å²) in [6.45, 7) is 8.18. The lowest BCUT2D eigenvalue weighted by molar-refractivity contribution is 0.203. The third-order valence-electron chi connectivity index (χ3n) is 2.86. The van der Waals surface area contributed by atoms with Crippen molar-refractivity contribution in [2.75, 3.05) is 26.2 Å². The lowest BCUT2D eigenvalue weighted by Crippen LogP contribution is -2.44. The number of nitrogens with one attached hydrogen (secondary N) is 1. The van der Waals surface area contributed by atoms with Crippen molar-refractivity contribution in [3.63, 3.8) is 0 Å². The summed E-state index contributed by atoms with van der Waals surface area (Å²) in [6, 6.07) is 4.41. The largest absolute Gasteiger partial charge is 0.314 e. The van der Waals surface area contributed by atoms with Crippen LogP contribution in [0.2, 0.25) is 0 Å². The maximum Gasteiger partial charge on any atom is 0.106 e. The van der Waals surface area contributed by atoms with Gasteiger partial charge in [-0.2, -0.15) is 0 Å². The number of pyridine rings is 1. The SMILES string of the molecule is C=C[C@@H](c1ccnc(Br)c1)N1CCNCC1. The van der Waals surface area contributed by atoms with Crippen molar-refractivity contribution in [1.29, 1.82) is 0 Å². The molecule has 1 aromatic heterocycles. The fourth-order valence-electron chi connectivity index (χ4n) is 2.06. The summed E-state index contributed by atoms with van der Waals surface area (Å²) in [4.78, 5) is 6.59. The second-order valence-corrected chi connectivity index (χ2v) is 4.69. The molecular weight excluding hydrogens is 266 g/mol. The summed E-state index contributed by atoms with van der Waals surface area (Å²) in [7, 11) is 0. The zero-order valence-corrected chi connectivity index (χ0v) is 10.8. The van der Waals surface area contributed by atoms with E-state index in [9.17, 15) is 0 Å². The van der Waals surface area contributed by atoms with Gasteiger partial charge in [-0.05, 0) is 33.6 Å². The van der Waals surface area contributed by atoms with E-state index < -0.39 is 0 Å². The van der Waals surface area contributed by atoms with Gasteiger partial charge in [-0.3, -0.25) is 4.90 Å². The van der Waals surface area contributed by atoms with E-state index in [0.717, 1.165) is 30.8 Å². The Kier molecular flexibility index (Phi) is 4.09. The number of piperazine rings is 1. The Balaban J connectivity index is 2.17. The third-order valence-corrected chi connectivity index (χ3v) is 3.29. The average molecular weight is 282 g/mol. The standard InChI is InChI=1S/C12H16BrN3/c1-2-11(16-7-5-14-6-8-16)10-3-4-15-12(13)9-10/h2-4,9,11,14H,1,5-8H2/t11-/m0/s1. The van der Waals surface area contributed by atoms with Gasteiger partial charge in [-0.1, -0.05) is 6.08 Å². The highest BCUT2D eigenvalue weighted by atomic mass is 79.9. The molecule has 0 spiro atoms. The quantitative estimate of drug-likeness (QED) is 0.678. The summed E-state index contributed by atoms with van der Waals surface area (Å²) in [6.07, 6.45) is 3.84. The molecule has 0 amide bonds. The van der Waals surface area contributed by atoms with Crippen LogP contribution >= 0.6 is 15.9 Å². The summed E-state index contributed by atoms with van der Waals surface area (Å²) in [5, 5.41) is 3.36. The molecule has 0 saturated carbocycles. The molecule has 1 aliphatic heterocycles. The zero-order valence-electron chi connectivity index (χ0n) is 9.19. The minimum atomic E-state index is 0.293. The topological polar surface area (TPSA) is 28.2 Å².